The smallest absolute Gasteiger partial charge is 0.251 e. The van der Waals surface area contributed by atoms with Crippen LogP contribution in [0.15, 0.2) is 18.2 Å². The topological polar surface area (TPSA) is 101 Å². The van der Waals surface area contributed by atoms with Gasteiger partial charge in [-0.1, -0.05) is 0 Å². The highest BCUT2D eigenvalue weighted by molar-refractivity contribution is 5.94. The van der Waals surface area contributed by atoms with Gasteiger partial charge in [0, 0.05) is 31.6 Å². The molecule has 0 aromatic heterocycles. The van der Waals surface area contributed by atoms with E-state index in [0.717, 1.165) is 32.4 Å². The quantitative estimate of drug-likeness (QED) is 0.501. The number of fused-ring (bicyclic) bond motifs is 4. The van der Waals surface area contributed by atoms with Gasteiger partial charge in [0.15, 0.2) is 11.5 Å². The molecule has 1 saturated heterocycles. The molecule has 10 heteroatoms. The van der Waals surface area contributed by atoms with Crippen molar-refractivity contribution >= 4 is 36.6 Å². The van der Waals surface area contributed by atoms with E-state index in [1.165, 1.54) is 0 Å². The number of rotatable bonds is 1. The Kier molecular flexibility index (Phi) is 11.9. The van der Waals surface area contributed by atoms with Crippen LogP contribution in [0.4, 0.5) is 0 Å². The number of carbonyl (C=O) groups excluding carboxylic acids is 2. The Morgan fingerprint density at radius 1 is 1.00 bits per heavy atom. The molecular weight excluding hydrogens is 431 g/mol. The lowest BCUT2D eigenvalue weighted by Gasteiger charge is -2.17. The van der Waals surface area contributed by atoms with Crippen LogP contribution in [0.1, 0.15) is 36.0 Å². The predicted molar refractivity (Wildman–Crippen MR) is 120 cm³/mol. The van der Waals surface area contributed by atoms with E-state index in [0.29, 0.717) is 43.1 Å². The van der Waals surface area contributed by atoms with Gasteiger partial charge < -0.3 is 30.7 Å². The maximum atomic E-state index is 12.4. The van der Waals surface area contributed by atoms with Gasteiger partial charge in [-0.05, 0) is 50.6 Å². The van der Waals surface area contributed by atoms with Crippen molar-refractivity contribution in [3.05, 3.63) is 23.8 Å². The second kappa shape index (κ2) is 13.5. The van der Waals surface area contributed by atoms with Crippen molar-refractivity contribution in [1.29, 1.82) is 0 Å². The standard InChI is InChI=1S/C20H30N4O4.2ClH/c1-27-17-6-5-14-11-18(17)28-15-12-16(24-13-15)20(26)23-9-3-2-7-21-8-4-10-22-19(14)25;;/h5-6,11,15-16,21,24H,2-4,7-10,12-13H2,1H3,(H,22,25)(H,23,26);2*1H/t15-,16-;;/m0../s1. The molecule has 2 aliphatic heterocycles. The fourth-order valence-corrected chi connectivity index (χ4v) is 3.43. The first-order valence-electron chi connectivity index (χ1n) is 10.0. The van der Waals surface area contributed by atoms with E-state index < -0.39 is 0 Å². The molecule has 4 bridgehead atoms. The van der Waals surface area contributed by atoms with Gasteiger partial charge in [-0.25, -0.2) is 0 Å². The average Bonchev–Trinajstić information content (AvgIpc) is 3.17. The van der Waals surface area contributed by atoms with Crippen LogP contribution in [0, 0.1) is 0 Å². The molecule has 1 fully saturated rings. The molecule has 0 radical (unpaired) electrons. The van der Waals surface area contributed by atoms with Crippen LogP contribution in [0.5, 0.6) is 11.5 Å². The Labute approximate surface area is 190 Å². The summed E-state index contributed by atoms with van der Waals surface area (Å²) in [7, 11) is 1.57. The van der Waals surface area contributed by atoms with Crippen LogP contribution in [0.25, 0.3) is 0 Å². The Hall–Kier alpha value is -1.74. The monoisotopic (exact) mass is 462 g/mol. The van der Waals surface area contributed by atoms with E-state index in [9.17, 15) is 9.59 Å². The summed E-state index contributed by atoms with van der Waals surface area (Å²) < 4.78 is 11.4. The van der Waals surface area contributed by atoms with E-state index in [-0.39, 0.29) is 48.8 Å². The molecule has 1 aromatic rings. The third-order valence-electron chi connectivity index (χ3n) is 5.02. The highest BCUT2D eigenvalue weighted by Gasteiger charge is 2.31. The van der Waals surface area contributed by atoms with Gasteiger partial charge >= 0.3 is 0 Å². The molecular formula is C20H32Cl2N4O4. The fourth-order valence-electron chi connectivity index (χ4n) is 3.43. The first kappa shape index (κ1) is 26.3. The number of ether oxygens (including phenoxy) is 2. The summed E-state index contributed by atoms with van der Waals surface area (Å²) in [6.07, 6.45) is 3.21. The van der Waals surface area contributed by atoms with Crippen molar-refractivity contribution in [2.24, 2.45) is 0 Å². The van der Waals surface area contributed by atoms with Crippen LogP contribution >= 0.6 is 24.8 Å². The molecule has 2 atom stereocenters. The Morgan fingerprint density at radius 3 is 2.53 bits per heavy atom. The van der Waals surface area contributed by atoms with E-state index in [2.05, 4.69) is 21.3 Å². The van der Waals surface area contributed by atoms with Crippen molar-refractivity contribution < 1.29 is 19.1 Å². The lowest BCUT2D eigenvalue weighted by Crippen LogP contribution is -2.40. The van der Waals surface area contributed by atoms with E-state index in [1.807, 2.05) is 0 Å². The van der Waals surface area contributed by atoms with Gasteiger partial charge in [0.2, 0.25) is 5.91 Å². The number of halogens is 2. The lowest BCUT2D eigenvalue weighted by atomic mass is 10.1. The summed E-state index contributed by atoms with van der Waals surface area (Å²) >= 11 is 0. The summed E-state index contributed by atoms with van der Waals surface area (Å²) in [4.78, 5) is 24.8. The summed E-state index contributed by atoms with van der Waals surface area (Å²) in [5.41, 5.74) is 0.530. The fraction of sp³-hybridized carbons (Fsp3) is 0.600. The maximum Gasteiger partial charge on any atom is 0.251 e. The number of amides is 2. The molecule has 8 nitrogen and oxygen atoms in total. The van der Waals surface area contributed by atoms with Crippen molar-refractivity contribution in [1.82, 2.24) is 21.3 Å². The lowest BCUT2D eigenvalue weighted by molar-refractivity contribution is -0.122. The van der Waals surface area contributed by atoms with Crippen molar-refractivity contribution in [2.75, 3.05) is 39.8 Å². The zero-order valence-corrected chi connectivity index (χ0v) is 18.8. The molecule has 1 aromatic carbocycles. The molecule has 0 unspecified atom stereocenters. The van der Waals surface area contributed by atoms with Crippen molar-refractivity contribution in [2.45, 2.75) is 37.8 Å². The zero-order chi connectivity index (χ0) is 19.8. The Balaban J connectivity index is 0.00000225. The molecule has 2 heterocycles. The van der Waals surface area contributed by atoms with Crippen LogP contribution in [0.2, 0.25) is 0 Å². The van der Waals surface area contributed by atoms with Crippen LogP contribution in [0.3, 0.4) is 0 Å². The number of carbonyl (C=O) groups is 2. The highest BCUT2D eigenvalue weighted by Crippen LogP contribution is 2.30. The third-order valence-corrected chi connectivity index (χ3v) is 5.02. The normalized spacial score (nSPS) is 23.1. The molecule has 2 amide bonds. The van der Waals surface area contributed by atoms with Gasteiger partial charge in [-0.2, -0.15) is 0 Å². The maximum absolute atomic E-state index is 12.4. The van der Waals surface area contributed by atoms with Crippen molar-refractivity contribution in [3.63, 3.8) is 0 Å². The first-order chi connectivity index (χ1) is 13.7. The average molecular weight is 463 g/mol. The minimum Gasteiger partial charge on any atom is -0.493 e. The Morgan fingerprint density at radius 2 is 1.73 bits per heavy atom. The second-order valence-electron chi connectivity index (χ2n) is 7.16. The van der Waals surface area contributed by atoms with Gasteiger partial charge in [-0.15, -0.1) is 24.8 Å². The number of benzene rings is 1. The van der Waals surface area contributed by atoms with E-state index >= 15 is 0 Å². The molecule has 3 rings (SSSR count). The predicted octanol–water partition coefficient (Wildman–Crippen LogP) is 1.27. The Bertz CT molecular complexity index is 693. The highest BCUT2D eigenvalue weighted by atomic mass is 35.5. The minimum absolute atomic E-state index is 0. The van der Waals surface area contributed by atoms with E-state index in [1.54, 1.807) is 25.3 Å². The molecule has 30 heavy (non-hydrogen) atoms. The van der Waals surface area contributed by atoms with Gasteiger partial charge in [0.1, 0.15) is 6.10 Å². The molecule has 170 valence electrons. The largest absolute Gasteiger partial charge is 0.493 e. The summed E-state index contributed by atoms with van der Waals surface area (Å²) in [6, 6.07) is 4.91. The number of methoxy groups -OCH3 is 1. The minimum atomic E-state index is -0.261. The molecule has 4 N–H and O–H groups in total. The number of nitrogens with one attached hydrogen (secondary N) is 4. The third kappa shape index (κ3) is 7.50. The van der Waals surface area contributed by atoms with Crippen LogP contribution < -0.4 is 30.7 Å². The van der Waals surface area contributed by atoms with Gasteiger partial charge in [-0.3, -0.25) is 9.59 Å². The van der Waals surface area contributed by atoms with Crippen molar-refractivity contribution in [3.8, 4) is 11.5 Å². The van der Waals surface area contributed by atoms with Gasteiger partial charge in [0.05, 0.1) is 13.2 Å². The van der Waals surface area contributed by atoms with Gasteiger partial charge in [0.25, 0.3) is 5.91 Å². The molecule has 0 spiro atoms. The van der Waals surface area contributed by atoms with E-state index in [4.69, 9.17) is 9.47 Å². The summed E-state index contributed by atoms with van der Waals surface area (Å²) in [5.74, 6) is 0.964. The number of hydrogen-bond donors (Lipinski definition) is 4. The SMILES string of the molecule is COc1ccc2cc1O[C@@H]1CN[C@@H](C1)C(=O)NCCCCNCCCNC2=O.Cl.Cl. The summed E-state index contributed by atoms with van der Waals surface area (Å²) in [6.45, 7) is 3.61. The number of hydrogen-bond acceptors (Lipinski definition) is 6. The first-order valence-corrected chi connectivity index (χ1v) is 10.0. The molecule has 0 saturated carbocycles. The molecule has 0 aliphatic carbocycles. The zero-order valence-electron chi connectivity index (χ0n) is 17.2. The summed E-state index contributed by atoms with van der Waals surface area (Å²) in [5, 5.41) is 12.5. The van der Waals surface area contributed by atoms with Crippen LogP contribution in [-0.4, -0.2) is 63.8 Å². The van der Waals surface area contributed by atoms with Crippen LogP contribution in [-0.2, 0) is 4.79 Å². The molecule has 2 aliphatic rings. The second-order valence-corrected chi connectivity index (χ2v) is 7.16.